The third-order valence-electron chi connectivity index (χ3n) is 3.98. The van der Waals surface area contributed by atoms with Gasteiger partial charge in [-0.2, -0.15) is 0 Å². The lowest BCUT2D eigenvalue weighted by Crippen LogP contribution is -2.49. The Balaban J connectivity index is 0.00000128. The molecule has 1 saturated heterocycles. The van der Waals surface area contributed by atoms with Crippen molar-refractivity contribution in [3.05, 3.63) is 0 Å². The van der Waals surface area contributed by atoms with E-state index in [0.29, 0.717) is 0 Å². The Bertz CT molecular complexity index is 256. The van der Waals surface area contributed by atoms with E-state index in [9.17, 15) is 4.79 Å². The summed E-state index contributed by atoms with van der Waals surface area (Å²) in [5, 5.41) is 0. The van der Waals surface area contributed by atoms with Crippen LogP contribution in [0.1, 0.15) is 39.5 Å². The minimum Gasteiger partial charge on any atom is -0.341 e. The lowest BCUT2D eigenvalue weighted by molar-refractivity contribution is -0.135. The van der Waals surface area contributed by atoms with Crippen molar-refractivity contribution in [3.63, 3.8) is 0 Å². The average molecular weight is 247 g/mol. The monoisotopic (exact) mass is 246 g/mol. The van der Waals surface area contributed by atoms with Crippen molar-refractivity contribution in [3.8, 4) is 0 Å². The third-order valence-corrected chi connectivity index (χ3v) is 3.98. The highest BCUT2D eigenvalue weighted by molar-refractivity contribution is 5.89. The summed E-state index contributed by atoms with van der Waals surface area (Å²) < 4.78 is 0. The van der Waals surface area contributed by atoms with E-state index < -0.39 is 5.54 Å². The Morgan fingerprint density at radius 3 is 2.19 bits per heavy atom. The van der Waals surface area contributed by atoms with Gasteiger partial charge in [-0.25, -0.2) is 0 Å². The molecule has 0 unspecified atom stereocenters. The second-order valence-electron chi connectivity index (χ2n) is 5.53. The standard InChI is InChI=1S/C12H22N2O.ClH/c1-9(2)10-3-7-14(8-4-10)11(15)12(13)5-6-12;/h9-10H,3-8,13H2,1-2H3;1H. The molecule has 94 valence electrons. The lowest BCUT2D eigenvalue weighted by atomic mass is 9.86. The highest BCUT2D eigenvalue weighted by atomic mass is 35.5. The molecular formula is C12H23ClN2O. The maximum atomic E-state index is 12.0. The number of nitrogens with two attached hydrogens (primary N) is 1. The van der Waals surface area contributed by atoms with Gasteiger partial charge >= 0.3 is 0 Å². The predicted molar refractivity (Wildman–Crippen MR) is 67.5 cm³/mol. The van der Waals surface area contributed by atoms with Crippen LogP contribution in [0.25, 0.3) is 0 Å². The van der Waals surface area contributed by atoms with Gasteiger partial charge in [-0.1, -0.05) is 13.8 Å². The fourth-order valence-electron chi connectivity index (χ4n) is 2.43. The van der Waals surface area contributed by atoms with Crippen molar-refractivity contribution in [1.29, 1.82) is 0 Å². The van der Waals surface area contributed by atoms with Crippen LogP contribution in [0.3, 0.4) is 0 Å². The molecule has 16 heavy (non-hydrogen) atoms. The molecule has 2 fully saturated rings. The summed E-state index contributed by atoms with van der Waals surface area (Å²) in [7, 11) is 0. The van der Waals surface area contributed by atoms with E-state index in [4.69, 9.17) is 5.73 Å². The predicted octanol–water partition coefficient (Wildman–Crippen LogP) is 1.79. The van der Waals surface area contributed by atoms with Crippen LogP contribution < -0.4 is 5.73 Å². The van der Waals surface area contributed by atoms with Gasteiger partial charge in [-0.15, -0.1) is 12.4 Å². The molecule has 0 aromatic carbocycles. The number of rotatable bonds is 2. The van der Waals surface area contributed by atoms with Gasteiger partial charge in [0.2, 0.25) is 5.91 Å². The van der Waals surface area contributed by atoms with E-state index in [1.807, 2.05) is 4.90 Å². The van der Waals surface area contributed by atoms with Crippen LogP contribution in [0.4, 0.5) is 0 Å². The number of halogens is 1. The molecule has 0 radical (unpaired) electrons. The van der Waals surface area contributed by atoms with Crippen molar-refractivity contribution in [2.45, 2.75) is 45.1 Å². The summed E-state index contributed by atoms with van der Waals surface area (Å²) in [6.07, 6.45) is 4.07. The van der Waals surface area contributed by atoms with Crippen molar-refractivity contribution < 1.29 is 4.79 Å². The van der Waals surface area contributed by atoms with E-state index in [-0.39, 0.29) is 18.3 Å². The number of carbonyl (C=O) groups is 1. The van der Waals surface area contributed by atoms with E-state index in [2.05, 4.69) is 13.8 Å². The number of nitrogens with zero attached hydrogens (tertiary/aromatic N) is 1. The maximum absolute atomic E-state index is 12.0. The molecule has 3 nitrogen and oxygen atoms in total. The Hall–Kier alpha value is -0.280. The molecule has 1 heterocycles. The van der Waals surface area contributed by atoms with Crippen LogP contribution in [0.15, 0.2) is 0 Å². The third kappa shape index (κ3) is 2.69. The zero-order valence-electron chi connectivity index (χ0n) is 10.2. The normalized spacial score (nSPS) is 24.1. The van der Waals surface area contributed by atoms with Gasteiger partial charge < -0.3 is 10.6 Å². The second kappa shape index (κ2) is 4.92. The Morgan fingerprint density at radius 2 is 1.81 bits per heavy atom. The molecule has 0 atom stereocenters. The number of likely N-dealkylation sites (tertiary alicyclic amines) is 1. The molecule has 1 saturated carbocycles. The number of carbonyl (C=O) groups excluding carboxylic acids is 1. The molecule has 0 spiro atoms. The van der Waals surface area contributed by atoms with Crippen LogP contribution >= 0.6 is 12.4 Å². The number of hydrogen-bond acceptors (Lipinski definition) is 2. The summed E-state index contributed by atoms with van der Waals surface area (Å²) in [6, 6.07) is 0. The van der Waals surface area contributed by atoms with Gasteiger partial charge in [-0.3, -0.25) is 4.79 Å². The van der Waals surface area contributed by atoms with Crippen LogP contribution in [0.2, 0.25) is 0 Å². The second-order valence-corrected chi connectivity index (χ2v) is 5.53. The minimum absolute atomic E-state index is 0. The molecule has 1 aliphatic heterocycles. The maximum Gasteiger partial charge on any atom is 0.242 e. The fourth-order valence-corrected chi connectivity index (χ4v) is 2.43. The first kappa shape index (κ1) is 13.8. The molecule has 0 bridgehead atoms. The highest BCUT2D eigenvalue weighted by Gasteiger charge is 2.48. The van der Waals surface area contributed by atoms with Gasteiger partial charge in [-0.05, 0) is 37.5 Å². The molecule has 0 aromatic rings. The van der Waals surface area contributed by atoms with Crippen LogP contribution in [-0.2, 0) is 4.79 Å². The smallest absolute Gasteiger partial charge is 0.242 e. The van der Waals surface area contributed by atoms with Crippen molar-refractivity contribution in [2.24, 2.45) is 17.6 Å². The summed E-state index contributed by atoms with van der Waals surface area (Å²) in [5.41, 5.74) is 5.46. The van der Waals surface area contributed by atoms with Crippen LogP contribution in [-0.4, -0.2) is 29.4 Å². The van der Waals surface area contributed by atoms with Crippen LogP contribution in [0, 0.1) is 11.8 Å². The largest absolute Gasteiger partial charge is 0.341 e. The summed E-state index contributed by atoms with van der Waals surface area (Å²) in [4.78, 5) is 13.9. The Morgan fingerprint density at radius 1 is 1.31 bits per heavy atom. The summed E-state index contributed by atoms with van der Waals surface area (Å²) in [6.45, 7) is 6.38. The molecule has 2 aliphatic rings. The van der Waals surface area contributed by atoms with Crippen molar-refractivity contribution in [1.82, 2.24) is 4.90 Å². The van der Waals surface area contributed by atoms with E-state index in [1.165, 1.54) is 0 Å². The SMILES string of the molecule is CC(C)C1CCN(C(=O)C2(N)CC2)CC1.Cl. The zero-order valence-corrected chi connectivity index (χ0v) is 11.1. The van der Waals surface area contributed by atoms with Gasteiger partial charge in [0.15, 0.2) is 0 Å². The molecule has 2 N–H and O–H groups in total. The van der Waals surface area contributed by atoms with E-state index in [1.54, 1.807) is 0 Å². The first-order valence-electron chi connectivity index (χ1n) is 6.11. The van der Waals surface area contributed by atoms with Gasteiger partial charge in [0.1, 0.15) is 0 Å². The molecule has 4 heteroatoms. The minimum atomic E-state index is -0.468. The average Bonchev–Trinajstić information content (AvgIpc) is 2.97. The molecule has 0 aromatic heterocycles. The van der Waals surface area contributed by atoms with E-state index in [0.717, 1.165) is 50.6 Å². The van der Waals surface area contributed by atoms with Crippen molar-refractivity contribution >= 4 is 18.3 Å². The quantitative estimate of drug-likeness (QED) is 0.808. The number of hydrogen-bond donors (Lipinski definition) is 1. The van der Waals surface area contributed by atoms with Crippen molar-refractivity contribution in [2.75, 3.05) is 13.1 Å². The van der Waals surface area contributed by atoms with E-state index >= 15 is 0 Å². The van der Waals surface area contributed by atoms with Crippen LogP contribution in [0.5, 0.6) is 0 Å². The van der Waals surface area contributed by atoms with Gasteiger partial charge in [0.25, 0.3) is 0 Å². The van der Waals surface area contributed by atoms with Gasteiger partial charge in [0, 0.05) is 13.1 Å². The number of amides is 1. The molecule has 1 aliphatic carbocycles. The number of piperidine rings is 1. The summed E-state index contributed by atoms with van der Waals surface area (Å²) in [5.74, 6) is 1.74. The van der Waals surface area contributed by atoms with Gasteiger partial charge in [0.05, 0.1) is 5.54 Å². The zero-order chi connectivity index (χ0) is 11.1. The molecular weight excluding hydrogens is 224 g/mol. The molecule has 1 amide bonds. The molecule has 2 rings (SSSR count). The first-order valence-corrected chi connectivity index (χ1v) is 6.11. The Kier molecular flexibility index (Phi) is 4.24. The summed E-state index contributed by atoms with van der Waals surface area (Å²) >= 11 is 0. The highest BCUT2D eigenvalue weighted by Crippen LogP contribution is 2.35. The fraction of sp³-hybridized carbons (Fsp3) is 0.917. The lowest BCUT2D eigenvalue weighted by Gasteiger charge is -2.35. The Labute approximate surface area is 104 Å². The topological polar surface area (TPSA) is 46.3 Å². The first-order chi connectivity index (χ1) is 7.03.